The molecule has 0 unspecified atom stereocenters. The van der Waals surface area contributed by atoms with E-state index in [0.29, 0.717) is 6.04 Å². The van der Waals surface area contributed by atoms with Gasteiger partial charge < -0.3 is 5.32 Å². The molecule has 0 spiro atoms. The lowest BCUT2D eigenvalue weighted by Crippen LogP contribution is -2.18. The Balaban J connectivity index is 2.01. The summed E-state index contributed by atoms with van der Waals surface area (Å²) in [6.07, 6.45) is 0. The third kappa shape index (κ3) is 3.15. The highest BCUT2D eigenvalue weighted by Crippen LogP contribution is 2.23. The average molecular weight is 311 g/mol. The van der Waals surface area contributed by atoms with Crippen LogP contribution >= 0.6 is 27.3 Å². The molecule has 0 fully saturated rings. The molecule has 90 valence electrons. The summed E-state index contributed by atoms with van der Waals surface area (Å²) in [6, 6.07) is 8.64. The molecule has 1 N–H and O–H groups in total. The van der Waals surface area contributed by atoms with Crippen molar-refractivity contribution in [1.29, 1.82) is 0 Å². The molecule has 0 aliphatic heterocycles. The standard InChI is InChI=1S/C13H15BrN2S/c1-9(11-5-3-4-6-12(11)14)15-7-13-10(2)16-8-17-13/h3-6,8-9,15H,7H2,1-2H3/t9-/m0/s1. The van der Waals surface area contributed by atoms with Crippen molar-refractivity contribution in [3.8, 4) is 0 Å². The average Bonchev–Trinajstić information content (AvgIpc) is 2.72. The number of rotatable bonds is 4. The molecule has 0 aliphatic rings. The van der Waals surface area contributed by atoms with Crippen LogP contribution in [0, 0.1) is 6.92 Å². The van der Waals surface area contributed by atoms with Gasteiger partial charge >= 0.3 is 0 Å². The van der Waals surface area contributed by atoms with Crippen molar-refractivity contribution in [3.63, 3.8) is 0 Å². The van der Waals surface area contributed by atoms with Gasteiger partial charge in [-0.15, -0.1) is 11.3 Å². The molecule has 2 rings (SSSR count). The van der Waals surface area contributed by atoms with Gasteiger partial charge in [-0.25, -0.2) is 4.98 Å². The monoisotopic (exact) mass is 310 g/mol. The minimum atomic E-state index is 0.326. The quantitative estimate of drug-likeness (QED) is 0.921. The first kappa shape index (κ1) is 12.7. The lowest BCUT2D eigenvalue weighted by molar-refractivity contribution is 0.575. The number of nitrogens with one attached hydrogen (secondary N) is 1. The van der Waals surface area contributed by atoms with E-state index in [1.54, 1.807) is 11.3 Å². The second-order valence-electron chi connectivity index (χ2n) is 3.99. The fourth-order valence-electron chi connectivity index (χ4n) is 1.68. The molecule has 0 saturated carbocycles. The first-order valence-electron chi connectivity index (χ1n) is 5.55. The van der Waals surface area contributed by atoms with Crippen LogP contribution in [0.5, 0.6) is 0 Å². The zero-order valence-corrected chi connectivity index (χ0v) is 12.3. The van der Waals surface area contributed by atoms with Gasteiger partial charge in [-0.2, -0.15) is 0 Å². The maximum absolute atomic E-state index is 4.25. The van der Waals surface area contributed by atoms with Gasteiger partial charge in [-0.1, -0.05) is 34.1 Å². The molecule has 2 aromatic rings. The smallest absolute Gasteiger partial charge is 0.0798 e. The molecule has 1 atom stereocenters. The van der Waals surface area contributed by atoms with Gasteiger partial charge in [0.15, 0.2) is 0 Å². The zero-order valence-electron chi connectivity index (χ0n) is 9.90. The van der Waals surface area contributed by atoms with Crippen molar-refractivity contribution in [1.82, 2.24) is 10.3 Å². The van der Waals surface area contributed by atoms with E-state index >= 15 is 0 Å². The molecule has 17 heavy (non-hydrogen) atoms. The van der Waals surface area contributed by atoms with Crippen LogP contribution in [-0.4, -0.2) is 4.98 Å². The summed E-state index contributed by atoms with van der Waals surface area (Å²) in [5.41, 5.74) is 4.31. The van der Waals surface area contributed by atoms with Gasteiger partial charge in [0.2, 0.25) is 0 Å². The number of hydrogen-bond acceptors (Lipinski definition) is 3. The fraction of sp³-hybridized carbons (Fsp3) is 0.308. The summed E-state index contributed by atoms with van der Waals surface area (Å²) in [5.74, 6) is 0. The van der Waals surface area contributed by atoms with Gasteiger partial charge in [0.05, 0.1) is 11.2 Å². The minimum Gasteiger partial charge on any atom is -0.305 e. The van der Waals surface area contributed by atoms with E-state index in [4.69, 9.17) is 0 Å². The number of benzene rings is 1. The number of nitrogens with zero attached hydrogens (tertiary/aromatic N) is 1. The number of thiazole rings is 1. The molecule has 0 radical (unpaired) electrons. The van der Waals surface area contributed by atoms with Crippen LogP contribution in [-0.2, 0) is 6.54 Å². The summed E-state index contributed by atoms with van der Waals surface area (Å²) in [5, 5.41) is 3.52. The number of hydrogen-bond donors (Lipinski definition) is 1. The topological polar surface area (TPSA) is 24.9 Å². The molecule has 1 aromatic carbocycles. The Morgan fingerprint density at radius 3 is 2.82 bits per heavy atom. The van der Waals surface area contributed by atoms with Gasteiger partial charge in [0.1, 0.15) is 0 Å². The van der Waals surface area contributed by atoms with Crippen molar-refractivity contribution < 1.29 is 0 Å². The van der Waals surface area contributed by atoms with E-state index in [-0.39, 0.29) is 0 Å². The van der Waals surface area contributed by atoms with Crippen LogP contribution in [0.2, 0.25) is 0 Å². The summed E-state index contributed by atoms with van der Waals surface area (Å²) < 4.78 is 1.15. The Morgan fingerprint density at radius 2 is 2.18 bits per heavy atom. The molecule has 1 heterocycles. The maximum atomic E-state index is 4.25. The Kier molecular flexibility index (Phi) is 4.31. The SMILES string of the molecule is Cc1ncsc1CN[C@@H](C)c1ccccc1Br. The van der Waals surface area contributed by atoms with E-state index in [1.807, 2.05) is 11.6 Å². The Labute approximate surface area is 114 Å². The lowest BCUT2D eigenvalue weighted by atomic mass is 10.1. The van der Waals surface area contributed by atoms with Crippen molar-refractivity contribution >= 4 is 27.3 Å². The number of aryl methyl sites for hydroxylation is 1. The first-order valence-corrected chi connectivity index (χ1v) is 7.22. The van der Waals surface area contributed by atoms with Crippen molar-refractivity contribution in [2.45, 2.75) is 26.4 Å². The van der Waals surface area contributed by atoms with Crippen LogP contribution in [0.1, 0.15) is 29.1 Å². The van der Waals surface area contributed by atoms with E-state index in [9.17, 15) is 0 Å². The third-order valence-corrected chi connectivity index (χ3v) is 4.44. The molecule has 4 heteroatoms. The minimum absolute atomic E-state index is 0.326. The molecule has 2 nitrogen and oxygen atoms in total. The largest absolute Gasteiger partial charge is 0.305 e. The molecule has 1 aromatic heterocycles. The number of aromatic nitrogens is 1. The Morgan fingerprint density at radius 1 is 1.41 bits per heavy atom. The Bertz CT molecular complexity index is 496. The van der Waals surface area contributed by atoms with Crippen LogP contribution in [0.15, 0.2) is 34.2 Å². The third-order valence-electron chi connectivity index (χ3n) is 2.79. The first-order chi connectivity index (χ1) is 8.18. The predicted molar refractivity (Wildman–Crippen MR) is 76.2 cm³/mol. The van der Waals surface area contributed by atoms with Crippen LogP contribution < -0.4 is 5.32 Å². The van der Waals surface area contributed by atoms with Crippen molar-refractivity contribution in [3.05, 3.63) is 50.4 Å². The summed E-state index contributed by atoms with van der Waals surface area (Å²) in [7, 11) is 0. The van der Waals surface area contributed by atoms with Gasteiger partial charge in [-0.3, -0.25) is 0 Å². The normalized spacial score (nSPS) is 12.6. The number of halogens is 1. The van der Waals surface area contributed by atoms with Crippen molar-refractivity contribution in [2.75, 3.05) is 0 Å². The molecule has 0 bridgehead atoms. The van der Waals surface area contributed by atoms with E-state index in [1.165, 1.54) is 10.4 Å². The highest BCUT2D eigenvalue weighted by Gasteiger charge is 2.09. The summed E-state index contributed by atoms with van der Waals surface area (Å²) >= 11 is 5.29. The highest BCUT2D eigenvalue weighted by atomic mass is 79.9. The zero-order chi connectivity index (χ0) is 12.3. The Hall–Kier alpha value is -0.710. The molecule has 0 saturated heterocycles. The second-order valence-corrected chi connectivity index (χ2v) is 5.78. The van der Waals surface area contributed by atoms with Crippen LogP contribution in [0.4, 0.5) is 0 Å². The van der Waals surface area contributed by atoms with Crippen molar-refractivity contribution in [2.24, 2.45) is 0 Å². The van der Waals surface area contributed by atoms with E-state index in [0.717, 1.165) is 16.7 Å². The van der Waals surface area contributed by atoms with Gasteiger partial charge in [-0.05, 0) is 25.5 Å². The van der Waals surface area contributed by atoms with Gasteiger partial charge in [0.25, 0.3) is 0 Å². The predicted octanol–water partition coefficient (Wildman–Crippen LogP) is 4.06. The summed E-state index contributed by atoms with van der Waals surface area (Å²) in [4.78, 5) is 5.56. The van der Waals surface area contributed by atoms with E-state index < -0.39 is 0 Å². The highest BCUT2D eigenvalue weighted by molar-refractivity contribution is 9.10. The van der Waals surface area contributed by atoms with Crippen LogP contribution in [0.3, 0.4) is 0 Å². The molecular weight excluding hydrogens is 296 g/mol. The fourth-order valence-corrected chi connectivity index (χ4v) is 3.03. The van der Waals surface area contributed by atoms with Gasteiger partial charge in [0, 0.05) is 21.9 Å². The second kappa shape index (κ2) is 5.76. The van der Waals surface area contributed by atoms with E-state index in [2.05, 4.69) is 58.3 Å². The molecule has 0 amide bonds. The maximum Gasteiger partial charge on any atom is 0.0798 e. The summed E-state index contributed by atoms with van der Waals surface area (Å²) in [6.45, 7) is 5.10. The van der Waals surface area contributed by atoms with Crippen LogP contribution in [0.25, 0.3) is 0 Å². The lowest BCUT2D eigenvalue weighted by Gasteiger charge is -2.15. The molecular formula is C13H15BrN2S. The molecule has 0 aliphatic carbocycles.